The van der Waals surface area contributed by atoms with Crippen molar-refractivity contribution in [3.63, 3.8) is 0 Å². The Bertz CT molecular complexity index is 584. The Kier molecular flexibility index (Phi) is 4.77. The Morgan fingerprint density at radius 1 is 1.32 bits per heavy atom. The smallest absolute Gasteiger partial charge is 0.0726 e. The van der Waals surface area contributed by atoms with Gasteiger partial charge in [0.05, 0.1) is 12.1 Å². The summed E-state index contributed by atoms with van der Waals surface area (Å²) in [6.45, 7) is 8.43. The number of aryl methyl sites for hydroxylation is 1. The summed E-state index contributed by atoms with van der Waals surface area (Å²) in [5.41, 5.74) is 4.43. The van der Waals surface area contributed by atoms with E-state index in [1.165, 1.54) is 5.56 Å². The van der Waals surface area contributed by atoms with Crippen LogP contribution in [0.2, 0.25) is 0 Å². The monoisotopic (exact) mass is 322 g/mol. The summed E-state index contributed by atoms with van der Waals surface area (Å²) in [6.07, 6.45) is 0. The maximum atomic E-state index is 5.37. The number of nitrogens with zero attached hydrogens (tertiary/aromatic N) is 1. The summed E-state index contributed by atoms with van der Waals surface area (Å²) in [5.74, 6) is 0. The number of benzene rings is 1. The van der Waals surface area contributed by atoms with Crippen molar-refractivity contribution in [3.05, 3.63) is 33.9 Å². The first-order chi connectivity index (χ1) is 9.13. The molecule has 4 heteroatoms. The fourth-order valence-electron chi connectivity index (χ4n) is 2.07. The Balaban J connectivity index is 2.38. The highest BCUT2D eigenvalue weighted by molar-refractivity contribution is 9.10. The number of hydrogen-bond donors (Lipinski definition) is 1. The van der Waals surface area contributed by atoms with Gasteiger partial charge in [-0.2, -0.15) is 0 Å². The molecule has 2 aromatic rings. The zero-order chi connectivity index (χ0) is 13.8. The van der Waals surface area contributed by atoms with Gasteiger partial charge >= 0.3 is 0 Å². The summed E-state index contributed by atoms with van der Waals surface area (Å²) in [4.78, 5) is 4.63. The van der Waals surface area contributed by atoms with Crippen LogP contribution < -0.4 is 5.32 Å². The van der Waals surface area contributed by atoms with E-state index in [1.807, 2.05) is 26.0 Å². The molecule has 0 amide bonds. The van der Waals surface area contributed by atoms with Crippen molar-refractivity contribution in [1.29, 1.82) is 0 Å². The first-order valence-corrected chi connectivity index (χ1v) is 7.31. The van der Waals surface area contributed by atoms with Gasteiger partial charge in [-0.15, -0.1) is 0 Å². The van der Waals surface area contributed by atoms with Gasteiger partial charge in [0, 0.05) is 34.4 Å². The maximum Gasteiger partial charge on any atom is 0.0726 e. The standard InChI is InChI=1S/C15H19BrN2O/c1-4-19-8-7-17-15-10(2)11(3)18-14-6-5-12(16)9-13(14)15/h5-6,9H,4,7-8H2,1-3H3,(H,17,18). The molecule has 0 fully saturated rings. The number of pyridine rings is 1. The maximum absolute atomic E-state index is 5.37. The van der Waals surface area contributed by atoms with Gasteiger partial charge in [-0.25, -0.2) is 0 Å². The van der Waals surface area contributed by atoms with E-state index in [0.29, 0.717) is 6.61 Å². The number of rotatable bonds is 5. The summed E-state index contributed by atoms with van der Waals surface area (Å²) in [7, 11) is 0. The zero-order valence-electron chi connectivity index (χ0n) is 11.6. The minimum Gasteiger partial charge on any atom is -0.382 e. The fourth-order valence-corrected chi connectivity index (χ4v) is 2.43. The Morgan fingerprint density at radius 3 is 2.84 bits per heavy atom. The first-order valence-electron chi connectivity index (χ1n) is 6.51. The Hall–Kier alpha value is -1.13. The van der Waals surface area contributed by atoms with E-state index in [1.54, 1.807) is 0 Å². The normalized spacial score (nSPS) is 10.9. The van der Waals surface area contributed by atoms with Gasteiger partial charge < -0.3 is 10.1 Å². The lowest BCUT2D eigenvalue weighted by atomic mass is 10.1. The third kappa shape index (κ3) is 3.25. The molecule has 0 unspecified atom stereocenters. The topological polar surface area (TPSA) is 34.1 Å². The molecular weight excluding hydrogens is 304 g/mol. The lowest BCUT2D eigenvalue weighted by molar-refractivity contribution is 0.158. The van der Waals surface area contributed by atoms with Crippen LogP contribution in [0.5, 0.6) is 0 Å². The van der Waals surface area contributed by atoms with Crippen LogP contribution in [0.15, 0.2) is 22.7 Å². The predicted molar refractivity (Wildman–Crippen MR) is 83.9 cm³/mol. The molecule has 0 saturated heterocycles. The van der Waals surface area contributed by atoms with Crippen LogP contribution >= 0.6 is 15.9 Å². The molecule has 0 spiro atoms. The summed E-state index contributed by atoms with van der Waals surface area (Å²) in [5, 5.41) is 4.62. The van der Waals surface area contributed by atoms with E-state index in [0.717, 1.165) is 39.9 Å². The van der Waals surface area contributed by atoms with Crippen LogP contribution in [0.3, 0.4) is 0 Å². The molecular formula is C15H19BrN2O. The highest BCUT2D eigenvalue weighted by atomic mass is 79.9. The SMILES string of the molecule is CCOCCNc1c(C)c(C)nc2ccc(Br)cc12. The van der Waals surface area contributed by atoms with Gasteiger partial charge in [0.2, 0.25) is 0 Å². The number of halogens is 1. The molecule has 1 heterocycles. The van der Waals surface area contributed by atoms with Crippen LogP contribution in [-0.4, -0.2) is 24.7 Å². The highest BCUT2D eigenvalue weighted by Crippen LogP contribution is 2.29. The largest absolute Gasteiger partial charge is 0.382 e. The second kappa shape index (κ2) is 6.35. The van der Waals surface area contributed by atoms with E-state index in [9.17, 15) is 0 Å². The third-order valence-corrected chi connectivity index (χ3v) is 3.68. The van der Waals surface area contributed by atoms with E-state index in [4.69, 9.17) is 4.74 Å². The number of hydrogen-bond acceptors (Lipinski definition) is 3. The number of nitrogens with one attached hydrogen (secondary N) is 1. The van der Waals surface area contributed by atoms with E-state index in [-0.39, 0.29) is 0 Å². The molecule has 102 valence electrons. The van der Waals surface area contributed by atoms with Gasteiger partial charge in [0.25, 0.3) is 0 Å². The molecule has 0 aliphatic carbocycles. The van der Waals surface area contributed by atoms with E-state index >= 15 is 0 Å². The van der Waals surface area contributed by atoms with Gasteiger partial charge in [0.1, 0.15) is 0 Å². The number of ether oxygens (including phenoxy) is 1. The van der Waals surface area contributed by atoms with Crippen LogP contribution in [-0.2, 0) is 4.74 Å². The predicted octanol–water partition coefficient (Wildman–Crippen LogP) is 4.06. The Labute approximate surface area is 122 Å². The van der Waals surface area contributed by atoms with Crippen molar-refractivity contribution in [2.24, 2.45) is 0 Å². The summed E-state index contributed by atoms with van der Waals surface area (Å²) >= 11 is 3.52. The fraction of sp³-hybridized carbons (Fsp3) is 0.400. The van der Waals surface area contributed by atoms with Gasteiger partial charge in [-0.3, -0.25) is 4.98 Å². The van der Waals surface area contributed by atoms with Crippen LogP contribution in [0.25, 0.3) is 10.9 Å². The molecule has 0 bridgehead atoms. The van der Waals surface area contributed by atoms with Crippen molar-refractivity contribution in [2.75, 3.05) is 25.1 Å². The van der Waals surface area contributed by atoms with Crippen molar-refractivity contribution < 1.29 is 4.74 Å². The Morgan fingerprint density at radius 2 is 2.11 bits per heavy atom. The average Bonchev–Trinajstić information content (AvgIpc) is 2.39. The van der Waals surface area contributed by atoms with Crippen LogP contribution in [0.4, 0.5) is 5.69 Å². The van der Waals surface area contributed by atoms with Crippen molar-refractivity contribution in [2.45, 2.75) is 20.8 Å². The van der Waals surface area contributed by atoms with Crippen LogP contribution in [0, 0.1) is 13.8 Å². The van der Waals surface area contributed by atoms with Crippen molar-refractivity contribution >= 4 is 32.5 Å². The van der Waals surface area contributed by atoms with Crippen molar-refractivity contribution in [1.82, 2.24) is 4.98 Å². The molecule has 1 N–H and O–H groups in total. The summed E-state index contributed by atoms with van der Waals surface area (Å²) in [6, 6.07) is 6.17. The van der Waals surface area contributed by atoms with Crippen molar-refractivity contribution in [3.8, 4) is 0 Å². The summed E-state index contributed by atoms with van der Waals surface area (Å²) < 4.78 is 6.44. The van der Waals surface area contributed by atoms with Crippen LogP contribution in [0.1, 0.15) is 18.2 Å². The number of anilines is 1. The minimum atomic E-state index is 0.715. The zero-order valence-corrected chi connectivity index (χ0v) is 13.2. The molecule has 0 aliphatic heterocycles. The van der Waals surface area contributed by atoms with Gasteiger partial charge in [-0.1, -0.05) is 15.9 Å². The van der Waals surface area contributed by atoms with E-state index in [2.05, 4.69) is 39.2 Å². The van der Waals surface area contributed by atoms with Gasteiger partial charge in [0.15, 0.2) is 0 Å². The quantitative estimate of drug-likeness (QED) is 0.843. The highest BCUT2D eigenvalue weighted by Gasteiger charge is 2.09. The minimum absolute atomic E-state index is 0.715. The second-order valence-electron chi connectivity index (χ2n) is 4.48. The lowest BCUT2D eigenvalue weighted by Crippen LogP contribution is -2.11. The average molecular weight is 323 g/mol. The molecule has 0 atom stereocenters. The molecule has 0 aliphatic rings. The third-order valence-electron chi connectivity index (χ3n) is 3.19. The molecule has 3 nitrogen and oxygen atoms in total. The molecule has 1 aromatic heterocycles. The number of aromatic nitrogens is 1. The molecule has 19 heavy (non-hydrogen) atoms. The molecule has 2 rings (SSSR count). The van der Waals surface area contributed by atoms with E-state index < -0.39 is 0 Å². The second-order valence-corrected chi connectivity index (χ2v) is 5.40. The number of fused-ring (bicyclic) bond motifs is 1. The molecule has 0 radical (unpaired) electrons. The molecule has 0 saturated carbocycles. The molecule has 1 aromatic carbocycles. The first kappa shape index (κ1) is 14.3. The lowest BCUT2D eigenvalue weighted by Gasteiger charge is -2.15. The van der Waals surface area contributed by atoms with Gasteiger partial charge in [-0.05, 0) is 44.5 Å².